The van der Waals surface area contributed by atoms with Gasteiger partial charge in [0.25, 0.3) is 0 Å². The third kappa shape index (κ3) is 2.71. The zero-order valence-corrected chi connectivity index (χ0v) is 11.5. The van der Waals surface area contributed by atoms with Gasteiger partial charge in [0.05, 0.1) is 19.3 Å². The van der Waals surface area contributed by atoms with Gasteiger partial charge in [0.15, 0.2) is 0 Å². The number of likely N-dealkylation sites (N-methyl/N-ethyl adjacent to an activating group) is 1. The van der Waals surface area contributed by atoms with Crippen molar-refractivity contribution in [3.8, 4) is 0 Å². The highest BCUT2D eigenvalue weighted by Gasteiger charge is 2.36. The van der Waals surface area contributed by atoms with E-state index in [0.29, 0.717) is 0 Å². The third-order valence-electron chi connectivity index (χ3n) is 3.84. The Balaban J connectivity index is 2.19. The van der Waals surface area contributed by atoms with Gasteiger partial charge in [0.1, 0.15) is 0 Å². The van der Waals surface area contributed by atoms with E-state index in [1.165, 1.54) is 5.56 Å². The molecule has 1 aromatic heterocycles. The van der Waals surface area contributed by atoms with Gasteiger partial charge in [0, 0.05) is 31.0 Å². The van der Waals surface area contributed by atoms with E-state index in [2.05, 4.69) is 35.1 Å². The Labute approximate surface area is 109 Å². The number of morpholine rings is 1. The van der Waals surface area contributed by atoms with Crippen LogP contribution in [0.15, 0.2) is 24.5 Å². The molecule has 1 aliphatic heterocycles. The fourth-order valence-corrected chi connectivity index (χ4v) is 2.80. The van der Waals surface area contributed by atoms with E-state index in [0.717, 1.165) is 26.3 Å². The van der Waals surface area contributed by atoms with Crippen LogP contribution in [0, 0.1) is 0 Å². The van der Waals surface area contributed by atoms with Crippen LogP contribution in [0.1, 0.15) is 25.5 Å². The first-order valence-corrected chi connectivity index (χ1v) is 6.56. The van der Waals surface area contributed by atoms with Crippen LogP contribution < -0.4 is 5.32 Å². The van der Waals surface area contributed by atoms with Gasteiger partial charge < -0.3 is 10.1 Å². The molecule has 1 aliphatic rings. The first kappa shape index (κ1) is 13.5. The summed E-state index contributed by atoms with van der Waals surface area (Å²) >= 11 is 0. The van der Waals surface area contributed by atoms with Gasteiger partial charge in [0.2, 0.25) is 0 Å². The van der Waals surface area contributed by atoms with Crippen LogP contribution in [0.25, 0.3) is 0 Å². The molecule has 2 heterocycles. The Morgan fingerprint density at radius 1 is 1.39 bits per heavy atom. The molecule has 0 radical (unpaired) electrons. The molecule has 0 spiro atoms. The summed E-state index contributed by atoms with van der Waals surface area (Å²) in [4.78, 5) is 6.72. The second kappa shape index (κ2) is 5.78. The minimum Gasteiger partial charge on any atom is -0.379 e. The number of hydrogen-bond donors (Lipinski definition) is 1. The molecule has 18 heavy (non-hydrogen) atoms. The van der Waals surface area contributed by atoms with Crippen LogP contribution in [-0.4, -0.2) is 48.8 Å². The first-order valence-electron chi connectivity index (χ1n) is 6.56. The molecular weight excluding hydrogens is 226 g/mol. The Hall–Kier alpha value is -0.970. The average Bonchev–Trinajstić information content (AvgIpc) is 2.41. The fraction of sp³-hybridized carbons (Fsp3) is 0.643. The summed E-state index contributed by atoms with van der Waals surface area (Å²) in [5, 5.41) is 3.43. The molecule has 0 bridgehead atoms. The lowest BCUT2D eigenvalue weighted by Crippen LogP contribution is -2.55. The predicted molar refractivity (Wildman–Crippen MR) is 72.5 cm³/mol. The molecule has 0 saturated carbocycles. The standard InChI is InChI=1S/C14H23N3O/c1-14(2,17-7-9-18-10-8-17)13(15-3)12-5-4-6-16-11-12/h4-6,11,13,15H,7-10H2,1-3H3. The molecule has 2 rings (SSSR count). The smallest absolute Gasteiger partial charge is 0.0594 e. The van der Waals surface area contributed by atoms with Crippen molar-refractivity contribution in [3.63, 3.8) is 0 Å². The van der Waals surface area contributed by atoms with Crippen molar-refractivity contribution in [3.05, 3.63) is 30.1 Å². The topological polar surface area (TPSA) is 37.4 Å². The largest absolute Gasteiger partial charge is 0.379 e. The first-order chi connectivity index (χ1) is 8.66. The Bertz CT molecular complexity index is 361. The molecule has 1 fully saturated rings. The number of nitrogens with zero attached hydrogens (tertiary/aromatic N) is 2. The number of aromatic nitrogens is 1. The van der Waals surface area contributed by atoms with Crippen LogP contribution in [0.5, 0.6) is 0 Å². The van der Waals surface area contributed by atoms with Crippen LogP contribution in [0.4, 0.5) is 0 Å². The summed E-state index contributed by atoms with van der Waals surface area (Å²) < 4.78 is 5.44. The number of hydrogen-bond acceptors (Lipinski definition) is 4. The van der Waals surface area contributed by atoms with E-state index in [-0.39, 0.29) is 11.6 Å². The SMILES string of the molecule is CNC(c1cccnc1)C(C)(C)N1CCOCC1. The minimum atomic E-state index is 0.0432. The van der Waals surface area contributed by atoms with Gasteiger partial charge in [-0.2, -0.15) is 0 Å². The maximum atomic E-state index is 5.44. The van der Waals surface area contributed by atoms with Crippen LogP contribution in [0.2, 0.25) is 0 Å². The van der Waals surface area contributed by atoms with Crippen molar-refractivity contribution < 1.29 is 4.74 Å². The van der Waals surface area contributed by atoms with Crippen molar-refractivity contribution in [2.75, 3.05) is 33.4 Å². The van der Waals surface area contributed by atoms with E-state index < -0.39 is 0 Å². The molecule has 0 aliphatic carbocycles. The quantitative estimate of drug-likeness (QED) is 0.876. The normalized spacial score (nSPS) is 19.7. The molecule has 1 N–H and O–H groups in total. The van der Waals surface area contributed by atoms with Crippen molar-refractivity contribution >= 4 is 0 Å². The van der Waals surface area contributed by atoms with Crippen molar-refractivity contribution in [2.24, 2.45) is 0 Å². The molecule has 4 heteroatoms. The lowest BCUT2D eigenvalue weighted by atomic mass is 9.87. The molecule has 0 amide bonds. The zero-order valence-electron chi connectivity index (χ0n) is 11.5. The van der Waals surface area contributed by atoms with Crippen LogP contribution in [0.3, 0.4) is 0 Å². The maximum Gasteiger partial charge on any atom is 0.0594 e. The molecule has 1 atom stereocenters. The van der Waals surface area contributed by atoms with Crippen LogP contribution >= 0.6 is 0 Å². The summed E-state index contributed by atoms with van der Waals surface area (Å²) in [7, 11) is 2.01. The van der Waals surface area contributed by atoms with E-state index in [9.17, 15) is 0 Å². The number of pyridine rings is 1. The van der Waals surface area contributed by atoms with Crippen molar-refractivity contribution in [1.82, 2.24) is 15.2 Å². The Morgan fingerprint density at radius 2 is 2.11 bits per heavy atom. The molecule has 100 valence electrons. The summed E-state index contributed by atoms with van der Waals surface area (Å²) in [5.41, 5.74) is 1.28. The highest BCUT2D eigenvalue weighted by atomic mass is 16.5. The van der Waals surface area contributed by atoms with Crippen molar-refractivity contribution in [2.45, 2.75) is 25.4 Å². The number of nitrogens with one attached hydrogen (secondary N) is 1. The average molecular weight is 249 g/mol. The van der Waals surface area contributed by atoms with Crippen LogP contribution in [-0.2, 0) is 4.74 Å². The highest BCUT2D eigenvalue weighted by molar-refractivity contribution is 5.19. The van der Waals surface area contributed by atoms with Crippen molar-refractivity contribution in [1.29, 1.82) is 0 Å². The molecule has 1 aromatic rings. The molecule has 1 unspecified atom stereocenters. The van der Waals surface area contributed by atoms with Gasteiger partial charge in [-0.1, -0.05) is 6.07 Å². The number of rotatable bonds is 4. The number of ether oxygens (including phenoxy) is 1. The molecular formula is C14H23N3O. The third-order valence-corrected chi connectivity index (χ3v) is 3.84. The van der Waals surface area contributed by atoms with E-state index >= 15 is 0 Å². The van der Waals surface area contributed by atoms with E-state index in [1.54, 1.807) is 0 Å². The van der Waals surface area contributed by atoms with Gasteiger partial charge in [-0.05, 0) is 32.5 Å². The lowest BCUT2D eigenvalue weighted by Gasteiger charge is -2.45. The summed E-state index contributed by atoms with van der Waals surface area (Å²) in [6, 6.07) is 4.40. The molecule has 1 saturated heterocycles. The fourth-order valence-electron chi connectivity index (χ4n) is 2.80. The summed E-state index contributed by atoms with van der Waals surface area (Å²) in [5.74, 6) is 0. The Morgan fingerprint density at radius 3 is 2.67 bits per heavy atom. The predicted octanol–water partition coefficient (Wildman–Crippen LogP) is 1.45. The van der Waals surface area contributed by atoms with Gasteiger partial charge in [-0.15, -0.1) is 0 Å². The van der Waals surface area contributed by atoms with Gasteiger partial charge >= 0.3 is 0 Å². The zero-order chi connectivity index (χ0) is 13.0. The van der Waals surface area contributed by atoms with Gasteiger partial charge in [-0.3, -0.25) is 9.88 Å². The summed E-state index contributed by atoms with van der Waals surface area (Å²) in [6.07, 6.45) is 3.77. The van der Waals surface area contributed by atoms with Gasteiger partial charge in [-0.25, -0.2) is 0 Å². The minimum absolute atomic E-state index is 0.0432. The second-order valence-corrected chi connectivity index (χ2v) is 5.26. The Kier molecular flexibility index (Phi) is 4.32. The lowest BCUT2D eigenvalue weighted by molar-refractivity contribution is -0.0229. The highest BCUT2D eigenvalue weighted by Crippen LogP contribution is 2.30. The maximum absolute atomic E-state index is 5.44. The van der Waals surface area contributed by atoms with E-state index in [1.807, 2.05) is 25.5 Å². The molecule has 4 nitrogen and oxygen atoms in total. The molecule has 0 aromatic carbocycles. The second-order valence-electron chi connectivity index (χ2n) is 5.26. The van der Waals surface area contributed by atoms with E-state index in [4.69, 9.17) is 4.74 Å². The monoisotopic (exact) mass is 249 g/mol. The summed E-state index contributed by atoms with van der Waals surface area (Å²) in [6.45, 7) is 8.20.